The summed E-state index contributed by atoms with van der Waals surface area (Å²) in [5.41, 5.74) is -5.42. The molecule has 178 valence electrons. The maximum absolute atomic E-state index is 12.6. The minimum Gasteiger partial charge on any atom is -0.407 e. The maximum Gasteiger partial charge on any atom is 0.534 e. The van der Waals surface area contributed by atoms with E-state index in [9.17, 15) is 21.6 Å². The standard InChI is InChI=1S/C24H27F3O4SSi/c1-23(2,3)33(18-10-6-4-7-11-18,19-12-8-5-9-13-19)30-16-22-20-14-17(15-21(20)22)31-32(28,29)24(25,26)27/h4-14,20-22H,15-16H2,1-3H3/t20-,21+,22-/m0/s1. The Hall–Kier alpha value is -2.10. The van der Waals surface area contributed by atoms with Crippen LogP contribution in [0.4, 0.5) is 13.2 Å². The highest BCUT2D eigenvalue weighted by atomic mass is 32.2. The van der Waals surface area contributed by atoms with Crippen LogP contribution in [0.3, 0.4) is 0 Å². The molecular weight excluding hydrogens is 469 g/mol. The average molecular weight is 497 g/mol. The first-order chi connectivity index (χ1) is 15.4. The Balaban J connectivity index is 1.55. The fourth-order valence-electron chi connectivity index (χ4n) is 4.99. The molecule has 1 saturated carbocycles. The van der Waals surface area contributed by atoms with Gasteiger partial charge in [0.05, 0.1) is 0 Å². The van der Waals surface area contributed by atoms with Crippen LogP contribution < -0.4 is 10.4 Å². The Morgan fingerprint density at radius 2 is 1.45 bits per heavy atom. The van der Waals surface area contributed by atoms with Gasteiger partial charge in [-0.05, 0) is 39.2 Å². The third-order valence-electron chi connectivity index (χ3n) is 6.62. The summed E-state index contributed by atoms with van der Waals surface area (Å²) < 4.78 is 71.6. The molecule has 0 heterocycles. The van der Waals surface area contributed by atoms with Gasteiger partial charge in [-0.25, -0.2) is 0 Å². The van der Waals surface area contributed by atoms with Gasteiger partial charge in [0.15, 0.2) is 0 Å². The molecule has 2 aromatic carbocycles. The van der Waals surface area contributed by atoms with E-state index in [2.05, 4.69) is 49.2 Å². The molecule has 0 radical (unpaired) electrons. The normalized spacial score (nSPS) is 23.1. The lowest BCUT2D eigenvalue weighted by molar-refractivity contribution is -0.0523. The molecule has 2 aromatic rings. The van der Waals surface area contributed by atoms with E-state index in [1.165, 1.54) is 6.08 Å². The summed E-state index contributed by atoms with van der Waals surface area (Å²) in [5, 5.41) is 2.14. The van der Waals surface area contributed by atoms with E-state index in [1.54, 1.807) is 0 Å². The Kier molecular flexibility index (Phi) is 6.03. The van der Waals surface area contributed by atoms with Crippen molar-refractivity contribution < 1.29 is 30.2 Å². The third kappa shape index (κ3) is 4.38. The van der Waals surface area contributed by atoms with Gasteiger partial charge in [0.2, 0.25) is 0 Å². The summed E-state index contributed by atoms with van der Waals surface area (Å²) >= 11 is 0. The lowest BCUT2D eigenvalue weighted by Crippen LogP contribution is -2.66. The van der Waals surface area contributed by atoms with Crippen molar-refractivity contribution in [2.45, 2.75) is 37.7 Å². The number of halogens is 3. The van der Waals surface area contributed by atoms with Gasteiger partial charge < -0.3 is 8.61 Å². The van der Waals surface area contributed by atoms with Crippen molar-refractivity contribution >= 4 is 28.8 Å². The third-order valence-corrected chi connectivity index (χ3v) is 12.6. The van der Waals surface area contributed by atoms with Crippen molar-refractivity contribution in [3.8, 4) is 0 Å². The van der Waals surface area contributed by atoms with Gasteiger partial charge in [-0.15, -0.1) is 0 Å². The van der Waals surface area contributed by atoms with Crippen LogP contribution in [0.5, 0.6) is 0 Å². The number of alkyl halides is 3. The topological polar surface area (TPSA) is 52.6 Å². The molecule has 0 aliphatic heterocycles. The molecule has 0 N–H and O–H groups in total. The van der Waals surface area contributed by atoms with Crippen LogP contribution in [0.1, 0.15) is 27.2 Å². The minimum absolute atomic E-state index is 0.0263. The highest BCUT2D eigenvalue weighted by Crippen LogP contribution is 2.57. The number of allylic oxidation sites excluding steroid dienone is 2. The summed E-state index contributed by atoms with van der Waals surface area (Å²) in [4.78, 5) is 0. The fourth-order valence-corrected chi connectivity index (χ4v) is 10.1. The first-order valence-corrected chi connectivity index (χ1v) is 14.1. The summed E-state index contributed by atoms with van der Waals surface area (Å²) in [5.74, 6) is 0.0277. The Labute approximate surface area is 193 Å². The molecule has 1 fully saturated rings. The van der Waals surface area contributed by atoms with E-state index in [0.29, 0.717) is 6.61 Å². The Morgan fingerprint density at radius 1 is 0.939 bits per heavy atom. The quantitative estimate of drug-likeness (QED) is 0.320. The second kappa shape index (κ2) is 8.28. The van der Waals surface area contributed by atoms with Crippen molar-refractivity contribution in [1.29, 1.82) is 0 Å². The number of hydrogen-bond acceptors (Lipinski definition) is 4. The van der Waals surface area contributed by atoms with Gasteiger partial charge >= 0.3 is 15.6 Å². The van der Waals surface area contributed by atoms with E-state index >= 15 is 0 Å². The molecule has 0 amide bonds. The summed E-state index contributed by atoms with van der Waals surface area (Å²) in [7, 11) is -8.32. The largest absolute Gasteiger partial charge is 0.534 e. The van der Waals surface area contributed by atoms with Crippen molar-refractivity contribution in [1.82, 2.24) is 0 Å². The smallest absolute Gasteiger partial charge is 0.407 e. The van der Waals surface area contributed by atoms with Gasteiger partial charge in [0.1, 0.15) is 5.76 Å². The first-order valence-electron chi connectivity index (χ1n) is 10.8. The molecule has 4 rings (SSSR count). The molecule has 2 aliphatic rings. The molecule has 33 heavy (non-hydrogen) atoms. The first kappa shape index (κ1) is 24.0. The van der Waals surface area contributed by atoms with Crippen LogP contribution in [0, 0.1) is 17.8 Å². The van der Waals surface area contributed by atoms with Crippen LogP contribution in [-0.4, -0.2) is 28.9 Å². The number of hydrogen-bond donors (Lipinski definition) is 0. The van der Waals surface area contributed by atoms with Crippen molar-refractivity contribution in [3.05, 3.63) is 72.5 Å². The molecule has 0 spiro atoms. The molecule has 0 aromatic heterocycles. The van der Waals surface area contributed by atoms with Crippen LogP contribution in [0.2, 0.25) is 5.04 Å². The maximum atomic E-state index is 12.6. The second-order valence-electron chi connectivity index (χ2n) is 9.70. The van der Waals surface area contributed by atoms with Gasteiger partial charge in [0, 0.05) is 13.0 Å². The molecule has 0 saturated heterocycles. The van der Waals surface area contributed by atoms with E-state index in [4.69, 9.17) is 4.43 Å². The van der Waals surface area contributed by atoms with Gasteiger partial charge in [-0.2, -0.15) is 21.6 Å². The van der Waals surface area contributed by atoms with Crippen LogP contribution >= 0.6 is 0 Å². The number of fused-ring (bicyclic) bond motifs is 1. The SMILES string of the molecule is CC(C)(C)[Si](OC[C@H]1[C@H]2C=C(OS(=O)(=O)C(F)(F)F)C[C@H]21)(c1ccccc1)c1ccccc1. The molecule has 3 atom stereocenters. The Bertz CT molecular complexity index is 1090. The monoisotopic (exact) mass is 496 g/mol. The zero-order chi connectivity index (χ0) is 24.1. The van der Waals surface area contributed by atoms with Crippen molar-refractivity contribution in [3.63, 3.8) is 0 Å². The van der Waals surface area contributed by atoms with E-state index in [-0.39, 0.29) is 35.0 Å². The van der Waals surface area contributed by atoms with Crippen molar-refractivity contribution in [2.24, 2.45) is 17.8 Å². The lowest BCUT2D eigenvalue weighted by Gasteiger charge is -2.43. The molecule has 2 aliphatic carbocycles. The Morgan fingerprint density at radius 3 is 1.85 bits per heavy atom. The summed E-state index contributed by atoms with van der Waals surface area (Å²) in [6, 6.07) is 20.4. The van der Waals surface area contributed by atoms with Crippen LogP contribution in [0.25, 0.3) is 0 Å². The van der Waals surface area contributed by atoms with Gasteiger partial charge in [-0.3, -0.25) is 0 Å². The predicted octanol–water partition coefficient (Wildman–Crippen LogP) is 4.58. The molecule has 9 heteroatoms. The highest BCUT2D eigenvalue weighted by molar-refractivity contribution is 7.87. The van der Waals surface area contributed by atoms with Gasteiger partial charge in [-0.1, -0.05) is 81.4 Å². The van der Waals surface area contributed by atoms with Crippen LogP contribution in [0.15, 0.2) is 72.5 Å². The lowest BCUT2D eigenvalue weighted by atomic mass is 10.2. The molecular formula is C24H27F3O4SSi. The van der Waals surface area contributed by atoms with E-state index in [1.807, 2.05) is 36.4 Å². The number of benzene rings is 2. The predicted molar refractivity (Wildman–Crippen MR) is 123 cm³/mol. The summed E-state index contributed by atoms with van der Waals surface area (Å²) in [6.45, 7) is 7.00. The average Bonchev–Trinajstić information content (AvgIpc) is 3.19. The summed E-state index contributed by atoms with van der Waals surface area (Å²) in [6.07, 6.45) is 1.70. The van der Waals surface area contributed by atoms with E-state index in [0.717, 1.165) is 10.4 Å². The molecule has 0 bridgehead atoms. The molecule has 4 nitrogen and oxygen atoms in total. The van der Waals surface area contributed by atoms with Crippen LogP contribution in [-0.2, 0) is 18.7 Å². The zero-order valence-corrected chi connectivity index (χ0v) is 20.5. The zero-order valence-electron chi connectivity index (χ0n) is 18.7. The van der Waals surface area contributed by atoms with Gasteiger partial charge in [0.25, 0.3) is 8.32 Å². The highest BCUT2D eigenvalue weighted by Gasteiger charge is 2.58. The van der Waals surface area contributed by atoms with E-state index < -0.39 is 23.9 Å². The minimum atomic E-state index is -5.62. The molecule has 0 unspecified atom stereocenters. The number of rotatable bonds is 7. The van der Waals surface area contributed by atoms with Crippen molar-refractivity contribution in [2.75, 3.05) is 6.61 Å². The second-order valence-corrected chi connectivity index (χ2v) is 15.5. The fraction of sp³-hybridized carbons (Fsp3) is 0.417.